The molecule has 0 bridgehead atoms. The number of anilines is 1. The van der Waals surface area contributed by atoms with E-state index in [1.54, 1.807) is 24.3 Å². The fraction of sp³-hybridized carbons (Fsp3) is 0.409. The molecule has 170 valence electrons. The van der Waals surface area contributed by atoms with Crippen LogP contribution < -0.4 is 24.3 Å². The first-order chi connectivity index (χ1) is 15.5. The number of hydrogen-bond acceptors (Lipinski definition) is 7. The minimum absolute atomic E-state index is 0.0806. The average molecular weight is 461 g/mol. The van der Waals surface area contributed by atoms with Crippen molar-refractivity contribution in [3.8, 4) is 23.0 Å². The lowest BCUT2D eigenvalue weighted by Crippen LogP contribution is -2.43. The number of ether oxygens (including phenoxy) is 4. The lowest BCUT2D eigenvalue weighted by atomic mass is 10.2. The van der Waals surface area contributed by atoms with Crippen molar-refractivity contribution in [1.82, 2.24) is 4.31 Å². The van der Waals surface area contributed by atoms with E-state index < -0.39 is 16.1 Å². The molecule has 32 heavy (non-hydrogen) atoms. The second-order valence-electron chi connectivity index (χ2n) is 7.78. The summed E-state index contributed by atoms with van der Waals surface area (Å²) in [5, 5.41) is 2.83. The number of sulfonamides is 1. The number of nitrogens with zero attached hydrogens (tertiary/aromatic N) is 1. The van der Waals surface area contributed by atoms with Gasteiger partial charge in [-0.25, -0.2) is 8.42 Å². The quantitative estimate of drug-likeness (QED) is 0.747. The highest BCUT2D eigenvalue weighted by atomic mass is 32.2. The Morgan fingerprint density at radius 1 is 0.844 bits per heavy atom. The molecule has 1 atom stereocenters. The van der Waals surface area contributed by atoms with Gasteiger partial charge in [0.1, 0.15) is 19.3 Å². The lowest BCUT2D eigenvalue weighted by molar-refractivity contribution is -0.119. The number of amides is 1. The maximum absolute atomic E-state index is 13.3. The molecule has 1 saturated heterocycles. The number of rotatable bonds is 4. The van der Waals surface area contributed by atoms with Crippen molar-refractivity contribution in [2.24, 2.45) is 0 Å². The van der Waals surface area contributed by atoms with Crippen LogP contribution in [0, 0.1) is 0 Å². The van der Waals surface area contributed by atoms with Crippen LogP contribution in [0.2, 0.25) is 0 Å². The third kappa shape index (κ3) is 3.95. The minimum atomic E-state index is -3.89. The number of carbonyl (C=O) groups excluding carboxylic acids is 1. The van der Waals surface area contributed by atoms with Gasteiger partial charge in [-0.3, -0.25) is 4.79 Å². The van der Waals surface area contributed by atoms with Crippen molar-refractivity contribution < 1.29 is 32.2 Å². The van der Waals surface area contributed by atoms with E-state index in [1.807, 2.05) is 0 Å². The van der Waals surface area contributed by atoms with Crippen LogP contribution in [0.1, 0.15) is 19.3 Å². The van der Waals surface area contributed by atoms with Gasteiger partial charge in [-0.1, -0.05) is 0 Å². The largest absolute Gasteiger partial charge is 0.490 e. The standard InChI is InChI=1S/C22H24N2O7S/c25-22(23-15-4-6-18-20(13-15)29-10-2-9-28-18)17-3-1-8-24(17)32(26,27)16-5-7-19-21(14-16)31-12-11-30-19/h4-7,13-14,17H,1-3,8-12H2,(H,23,25). The van der Waals surface area contributed by atoms with Crippen LogP contribution in [0.15, 0.2) is 41.3 Å². The van der Waals surface area contributed by atoms with Crippen LogP contribution in [-0.4, -0.2) is 57.6 Å². The first kappa shape index (κ1) is 20.9. The molecule has 0 saturated carbocycles. The molecule has 0 radical (unpaired) electrons. The summed E-state index contributed by atoms with van der Waals surface area (Å²) in [7, 11) is -3.89. The van der Waals surface area contributed by atoms with E-state index in [9.17, 15) is 13.2 Å². The molecule has 1 fully saturated rings. The maximum atomic E-state index is 13.3. The second kappa shape index (κ2) is 8.51. The Balaban J connectivity index is 1.35. The zero-order chi connectivity index (χ0) is 22.1. The van der Waals surface area contributed by atoms with Gasteiger partial charge < -0.3 is 24.3 Å². The van der Waals surface area contributed by atoms with Crippen LogP contribution in [0.3, 0.4) is 0 Å². The van der Waals surface area contributed by atoms with Gasteiger partial charge in [0.05, 0.1) is 18.1 Å². The Morgan fingerprint density at radius 3 is 2.31 bits per heavy atom. The van der Waals surface area contributed by atoms with Gasteiger partial charge in [0.2, 0.25) is 15.9 Å². The molecule has 0 aromatic heterocycles. The van der Waals surface area contributed by atoms with Gasteiger partial charge in [-0.15, -0.1) is 0 Å². The summed E-state index contributed by atoms with van der Waals surface area (Å²) in [5.41, 5.74) is 0.530. The van der Waals surface area contributed by atoms with E-state index >= 15 is 0 Å². The smallest absolute Gasteiger partial charge is 0.243 e. The van der Waals surface area contributed by atoms with Crippen molar-refractivity contribution in [2.45, 2.75) is 30.2 Å². The summed E-state index contributed by atoms with van der Waals surface area (Å²) in [6, 6.07) is 8.90. The minimum Gasteiger partial charge on any atom is -0.490 e. The Bertz CT molecular complexity index is 1140. The fourth-order valence-corrected chi connectivity index (χ4v) is 5.75. The highest BCUT2D eigenvalue weighted by molar-refractivity contribution is 7.89. The topological polar surface area (TPSA) is 103 Å². The fourth-order valence-electron chi connectivity index (χ4n) is 4.08. The van der Waals surface area contributed by atoms with Crippen LogP contribution in [0.4, 0.5) is 5.69 Å². The van der Waals surface area contributed by atoms with Crippen LogP contribution >= 0.6 is 0 Å². The predicted molar refractivity (Wildman–Crippen MR) is 115 cm³/mol. The summed E-state index contributed by atoms with van der Waals surface area (Å²) in [5.74, 6) is 1.72. The van der Waals surface area contributed by atoms with Crippen molar-refractivity contribution in [3.63, 3.8) is 0 Å². The summed E-state index contributed by atoms with van der Waals surface area (Å²) in [4.78, 5) is 13.1. The molecule has 3 aliphatic rings. The molecule has 0 spiro atoms. The maximum Gasteiger partial charge on any atom is 0.243 e. The normalized spacial score (nSPS) is 20.4. The van der Waals surface area contributed by atoms with E-state index in [0.29, 0.717) is 68.0 Å². The monoisotopic (exact) mass is 460 g/mol. The Hall–Kier alpha value is -2.98. The Morgan fingerprint density at radius 2 is 1.50 bits per heavy atom. The van der Waals surface area contributed by atoms with Crippen molar-refractivity contribution in [1.29, 1.82) is 0 Å². The van der Waals surface area contributed by atoms with E-state index in [-0.39, 0.29) is 17.3 Å². The molecule has 1 N–H and O–H groups in total. The molecule has 3 aliphatic heterocycles. The number of fused-ring (bicyclic) bond motifs is 2. The van der Waals surface area contributed by atoms with Gasteiger partial charge in [-0.2, -0.15) is 4.31 Å². The number of nitrogens with one attached hydrogen (secondary N) is 1. The Kier molecular flexibility index (Phi) is 5.56. The predicted octanol–water partition coefficient (Wildman–Crippen LogP) is 2.41. The third-order valence-electron chi connectivity index (χ3n) is 5.64. The molecule has 0 aliphatic carbocycles. The van der Waals surface area contributed by atoms with E-state index in [2.05, 4.69) is 5.32 Å². The molecule has 1 amide bonds. The molecule has 1 unspecified atom stereocenters. The first-order valence-electron chi connectivity index (χ1n) is 10.6. The van der Waals surface area contributed by atoms with Crippen LogP contribution in [0.25, 0.3) is 0 Å². The molecule has 2 aromatic rings. The molecule has 3 heterocycles. The first-order valence-corrected chi connectivity index (χ1v) is 12.1. The van der Waals surface area contributed by atoms with Crippen molar-refractivity contribution in [3.05, 3.63) is 36.4 Å². The van der Waals surface area contributed by atoms with Crippen molar-refractivity contribution >= 4 is 21.6 Å². The van der Waals surface area contributed by atoms with Gasteiger partial charge in [0.15, 0.2) is 23.0 Å². The molecular formula is C22H24N2O7S. The SMILES string of the molecule is O=C(Nc1ccc2c(c1)OCCCO2)C1CCCN1S(=O)(=O)c1ccc2c(c1)OCCO2. The van der Waals surface area contributed by atoms with Crippen LogP contribution in [0.5, 0.6) is 23.0 Å². The van der Waals surface area contributed by atoms with Gasteiger partial charge in [0, 0.05) is 30.8 Å². The number of hydrogen-bond donors (Lipinski definition) is 1. The van der Waals surface area contributed by atoms with E-state index in [4.69, 9.17) is 18.9 Å². The summed E-state index contributed by atoms with van der Waals surface area (Å²) in [6.45, 7) is 2.17. The summed E-state index contributed by atoms with van der Waals surface area (Å²) in [6.07, 6.45) is 1.83. The van der Waals surface area contributed by atoms with E-state index in [1.165, 1.54) is 16.4 Å². The van der Waals surface area contributed by atoms with Gasteiger partial charge in [-0.05, 0) is 37.1 Å². The number of benzene rings is 2. The molecule has 9 nitrogen and oxygen atoms in total. The lowest BCUT2D eigenvalue weighted by Gasteiger charge is -2.25. The van der Waals surface area contributed by atoms with Gasteiger partial charge in [0.25, 0.3) is 0 Å². The highest BCUT2D eigenvalue weighted by Gasteiger charge is 2.40. The second-order valence-corrected chi connectivity index (χ2v) is 9.67. The molecule has 5 rings (SSSR count). The number of carbonyl (C=O) groups is 1. The van der Waals surface area contributed by atoms with E-state index in [0.717, 1.165) is 6.42 Å². The van der Waals surface area contributed by atoms with Crippen LogP contribution in [-0.2, 0) is 14.8 Å². The third-order valence-corrected chi connectivity index (χ3v) is 7.55. The zero-order valence-electron chi connectivity index (χ0n) is 17.4. The van der Waals surface area contributed by atoms with Crippen molar-refractivity contribution in [2.75, 3.05) is 38.3 Å². The molecule has 2 aromatic carbocycles. The molecular weight excluding hydrogens is 436 g/mol. The Labute approximate surface area is 186 Å². The average Bonchev–Trinajstić information content (AvgIpc) is 3.20. The summed E-state index contributed by atoms with van der Waals surface area (Å²) < 4.78 is 50.2. The molecule has 10 heteroatoms. The zero-order valence-corrected chi connectivity index (χ0v) is 18.2. The summed E-state index contributed by atoms with van der Waals surface area (Å²) >= 11 is 0. The van der Waals surface area contributed by atoms with Gasteiger partial charge >= 0.3 is 0 Å². The highest BCUT2D eigenvalue weighted by Crippen LogP contribution is 2.36.